The van der Waals surface area contributed by atoms with Gasteiger partial charge in [-0.25, -0.2) is 0 Å². The molecule has 2 aromatic rings. The van der Waals surface area contributed by atoms with E-state index in [9.17, 15) is 4.21 Å². The van der Waals surface area contributed by atoms with Gasteiger partial charge in [0.25, 0.3) is 0 Å². The molecule has 0 aliphatic heterocycles. The summed E-state index contributed by atoms with van der Waals surface area (Å²) < 4.78 is 11.3. The Bertz CT molecular complexity index is 576. The lowest BCUT2D eigenvalue weighted by atomic mass is 10.2. The minimum atomic E-state index is -0.776. The number of aromatic nitrogens is 2. The van der Waals surface area contributed by atoms with Gasteiger partial charge >= 0.3 is 0 Å². The topological polar surface area (TPSA) is 54.9 Å². The fourth-order valence-corrected chi connectivity index (χ4v) is 2.45. The largest absolute Gasteiger partial charge is 0.367 e. The van der Waals surface area contributed by atoms with E-state index in [2.05, 4.69) is 15.5 Å². The number of nitrogens with zero attached hydrogens (tertiary/aromatic N) is 2. The standard InChI is InChI=1S/C12H14ClN3OS/c1-2-18(17)8-7-14-12-10-6-4-3-5-9(10)11(13)15-16-12/h3-6H,2,7-8H2,1H3,(H,14,16). The van der Waals surface area contributed by atoms with Crippen LogP contribution >= 0.6 is 11.6 Å². The second kappa shape index (κ2) is 6.11. The van der Waals surface area contributed by atoms with Crippen LogP contribution in [-0.4, -0.2) is 32.5 Å². The zero-order valence-electron chi connectivity index (χ0n) is 10.0. The molecule has 1 N–H and O–H groups in total. The third-order valence-corrected chi connectivity index (χ3v) is 4.17. The number of hydrogen-bond acceptors (Lipinski definition) is 4. The van der Waals surface area contributed by atoms with Gasteiger partial charge in [0.2, 0.25) is 0 Å². The van der Waals surface area contributed by atoms with Gasteiger partial charge in [0.05, 0.1) is 0 Å². The average Bonchev–Trinajstić information content (AvgIpc) is 2.41. The molecule has 96 valence electrons. The van der Waals surface area contributed by atoms with Crippen molar-refractivity contribution in [3.05, 3.63) is 29.4 Å². The zero-order valence-corrected chi connectivity index (χ0v) is 11.6. The molecular weight excluding hydrogens is 270 g/mol. The number of halogens is 1. The molecular formula is C12H14ClN3OS. The van der Waals surface area contributed by atoms with Gasteiger partial charge in [-0.2, -0.15) is 0 Å². The van der Waals surface area contributed by atoms with Crippen LogP contribution in [0.5, 0.6) is 0 Å². The smallest absolute Gasteiger partial charge is 0.159 e. The molecule has 1 heterocycles. The highest BCUT2D eigenvalue weighted by molar-refractivity contribution is 7.84. The van der Waals surface area contributed by atoms with E-state index in [4.69, 9.17) is 11.6 Å². The summed E-state index contributed by atoms with van der Waals surface area (Å²) >= 11 is 5.99. The Labute approximate surface area is 113 Å². The van der Waals surface area contributed by atoms with Crippen LogP contribution in [0.2, 0.25) is 5.15 Å². The molecule has 0 saturated heterocycles. The van der Waals surface area contributed by atoms with E-state index in [-0.39, 0.29) is 0 Å². The fourth-order valence-electron chi connectivity index (χ4n) is 1.63. The maximum Gasteiger partial charge on any atom is 0.159 e. The van der Waals surface area contributed by atoms with Crippen molar-refractivity contribution in [2.24, 2.45) is 0 Å². The molecule has 0 fully saturated rings. The summed E-state index contributed by atoms with van der Waals surface area (Å²) in [6.07, 6.45) is 0. The number of hydrogen-bond donors (Lipinski definition) is 1. The molecule has 0 spiro atoms. The predicted molar refractivity (Wildman–Crippen MR) is 76.6 cm³/mol. The van der Waals surface area contributed by atoms with Crippen LogP contribution in [0.4, 0.5) is 5.82 Å². The summed E-state index contributed by atoms with van der Waals surface area (Å²) in [5, 5.41) is 13.3. The Kier molecular flexibility index (Phi) is 4.49. The van der Waals surface area contributed by atoms with Crippen molar-refractivity contribution in [2.45, 2.75) is 6.92 Å². The number of anilines is 1. The first kappa shape index (κ1) is 13.2. The van der Waals surface area contributed by atoms with Gasteiger partial charge in [0.1, 0.15) is 0 Å². The van der Waals surface area contributed by atoms with Crippen LogP contribution in [0.3, 0.4) is 0 Å². The summed E-state index contributed by atoms with van der Waals surface area (Å²) in [7, 11) is -0.776. The zero-order chi connectivity index (χ0) is 13.0. The van der Waals surface area contributed by atoms with E-state index in [0.717, 1.165) is 10.8 Å². The maximum absolute atomic E-state index is 11.3. The first-order valence-corrected chi connectivity index (χ1v) is 7.58. The molecule has 0 aliphatic carbocycles. The van der Waals surface area contributed by atoms with Crippen LogP contribution in [0, 0.1) is 0 Å². The van der Waals surface area contributed by atoms with Crippen LogP contribution in [0.15, 0.2) is 24.3 Å². The monoisotopic (exact) mass is 283 g/mol. The van der Waals surface area contributed by atoms with Crippen molar-refractivity contribution in [1.29, 1.82) is 0 Å². The van der Waals surface area contributed by atoms with Crippen molar-refractivity contribution in [1.82, 2.24) is 10.2 Å². The van der Waals surface area contributed by atoms with Gasteiger partial charge in [-0.05, 0) is 0 Å². The molecule has 1 atom stereocenters. The highest BCUT2D eigenvalue weighted by atomic mass is 35.5. The van der Waals surface area contributed by atoms with E-state index in [0.29, 0.717) is 29.0 Å². The molecule has 2 rings (SSSR count). The number of rotatable bonds is 5. The van der Waals surface area contributed by atoms with Gasteiger partial charge in [-0.3, -0.25) is 4.21 Å². The molecule has 6 heteroatoms. The van der Waals surface area contributed by atoms with Gasteiger partial charge in [-0.1, -0.05) is 42.8 Å². The third-order valence-electron chi connectivity index (χ3n) is 2.59. The Balaban J connectivity index is 2.18. The second-order valence-corrected chi connectivity index (χ2v) is 5.97. The first-order valence-electron chi connectivity index (χ1n) is 5.72. The highest BCUT2D eigenvalue weighted by Gasteiger charge is 2.06. The molecule has 1 unspecified atom stereocenters. The summed E-state index contributed by atoms with van der Waals surface area (Å²) in [6, 6.07) is 7.68. The predicted octanol–water partition coefficient (Wildman–Crippen LogP) is 2.46. The Morgan fingerprint density at radius 3 is 2.72 bits per heavy atom. The normalized spacial score (nSPS) is 12.6. The molecule has 0 bridgehead atoms. The summed E-state index contributed by atoms with van der Waals surface area (Å²) in [6.45, 7) is 2.52. The van der Waals surface area contributed by atoms with Crippen LogP contribution in [0.1, 0.15) is 6.92 Å². The number of benzene rings is 1. The van der Waals surface area contributed by atoms with Gasteiger partial charge in [0, 0.05) is 39.6 Å². The molecule has 18 heavy (non-hydrogen) atoms. The van der Waals surface area contributed by atoms with E-state index in [1.54, 1.807) is 0 Å². The lowest BCUT2D eigenvalue weighted by Crippen LogP contribution is -2.13. The van der Waals surface area contributed by atoms with E-state index < -0.39 is 10.8 Å². The molecule has 0 amide bonds. The van der Waals surface area contributed by atoms with Crippen LogP contribution in [0.25, 0.3) is 10.8 Å². The van der Waals surface area contributed by atoms with E-state index in [1.165, 1.54) is 0 Å². The first-order chi connectivity index (χ1) is 8.72. The van der Waals surface area contributed by atoms with Crippen molar-refractivity contribution >= 4 is 39.0 Å². The Morgan fingerprint density at radius 1 is 1.28 bits per heavy atom. The third kappa shape index (κ3) is 2.97. The van der Waals surface area contributed by atoms with E-state index >= 15 is 0 Å². The molecule has 0 aliphatic rings. The lowest BCUT2D eigenvalue weighted by molar-refractivity contribution is 0.684. The Hall–Kier alpha value is -1.20. The Morgan fingerprint density at radius 2 is 2.00 bits per heavy atom. The van der Waals surface area contributed by atoms with Crippen molar-refractivity contribution in [3.8, 4) is 0 Å². The van der Waals surface area contributed by atoms with Crippen LogP contribution in [-0.2, 0) is 10.8 Å². The highest BCUT2D eigenvalue weighted by Crippen LogP contribution is 2.25. The lowest BCUT2D eigenvalue weighted by Gasteiger charge is -2.08. The summed E-state index contributed by atoms with van der Waals surface area (Å²) in [5.41, 5.74) is 0. The number of nitrogens with one attached hydrogen (secondary N) is 1. The van der Waals surface area contributed by atoms with Crippen molar-refractivity contribution in [2.75, 3.05) is 23.4 Å². The van der Waals surface area contributed by atoms with Gasteiger partial charge < -0.3 is 5.32 Å². The number of fused-ring (bicyclic) bond motifs is 1. The summed E-state index contributed by atoms with van der Waals surface area (Å²) in [4.78, 5) is 0. The second-order valence-electron chi connectivity index (χ2n) is 3.74. The molecule has 1 aromatic heterocycles. The fraction of sp³-hybridized carbons (Fsp3) is 0.333. The summed E-state index contributed by atoms with van der Waals surface area (Å²) in [5.74, 6) is 1.97. The van der Waals surface area contributed by atoms with Gasteiger partial charge in [-0.15, -0.1) is 10.2 Å². The minimum Gasteiger partial charge on any atom is -0.367 e. The van der Waals surface area contributed by atoms with Gasteiger partial charge in [0.15, 0.2) is 11.0 Å². The molecule has 1 aromatic carbocycles. The minimum absolute atomic E-state index is 0.397. The van der Waals surface area contributed by atoms with Crippen LogP contribution < -0.4 is 5.32 Å². The average molecular weight is 284 g/mol. The maximum atomic E-state index is 11.3. The quantitative estimate of drug-likeness (QED) is 0.916. The molecule has 0 saturated carbocycles. The van der Waals surface area contributed by atoms with Crippen molar-refractivity contribution < 1.29 is 4.21 Å². The molecule has 0 radical (unpaired) electrons. The SMILES string of the molecule is CCS(=O)CCNc1nnc(Cl)c2ccccc12. The van der Waals surface area contributed by atoms with E-state index in [1.807, 2.05) is 31.2 Å². The van der Waals surface area contributed by atoms with Crippen molar-refractivity contribution in [3.63, 3.8) is 0 Å². The molecule has 4 nitrogen and oxygen atoms in total.